The molecule has 0 radical (unpaired) electrons. The predicted molar refractivity (Wildman–Crippen MR) is 61.5 cm³/mol. The minimum absolute atomic E-state index is 0.144. The highest BCUT2D eigenvalue weighted by Gasteiger charge is 2.14. The number of nitrogens with two attached hydrogens (primary N) is 1. The van der Waals surface area contributed by atoms with Crippen LogP contribution in [0, 0.1) is 0 Å². The Kier molecular flexibility index (Phi) is 3.97. The number of ether oxygens (including phenoxy) is 1. The van der Waals surface area contributed by atoms with Crippen molar-refractivity contribution in [3.63, 3.8) is 0 Å². The summed E-state index contributed by atoms with van der Waals surface area (Å²) in [6.07, 6.45) is 0.918. The lowest BCUT2D eigenvalue weighted by atomic mass is 9.96. The number of methoxy groups -OCH3 is 1. The lowest BCUT2D eigenvalue weighted by molar-refractivity contribution is 0.368. The van der Waals surface area contributed by atoms with Gasteiger partial charge in [0.2, 0.25) is 0 Å². The van der Waals surface area contributed by atoms with Crippen LogP contribution in [0.2, 0.25) is 0 Å². The second-order valence-corrected chi connectivity index (χ2v) is 3.73. The van der Waals surface area contributed by atoms with Gasteiger partial charge in [-0.05, 0) is 30.5 Å². The normalized spacial score (nSPS) is 12.5. The minimum Gasteiger partial charge on any atom is -0.504 e. The molecule has 0 saturated carbocycles. The molecule has 3 N–H and O–H groups in total. The van der Waals surface area contributed by atoms with Crippen molar-refractivity contribution in [2.75, 3.05) is 13.7 Å². The van der Waals surface area contributed by atoms with Gasteiger partial charge in [-0.3, -0.25) is 0 Å². The Hall–Kier alpha value is -1.22. The van der Waals surface area contributed by atoms with E-state index in [0.29, 0.717) is 12.3 Å². The van der Waals surface area contributed by atoms with Crippen LogP contribution in [0.25, 0.3) is 0 Å². The van der Waals surface area contributed by atoms with Crippen molar-refractivity contribution in [1.82, 2.24) is 0 Å². The third-order valence-electron chi connectivity index (χ3n) is 2.68. The summed E-state index contributed by atoms with van der Waals surface area (Å²) in [7, 11) is 1.56. The number of benzene rings is 1. The fraction of sp³-hybridized carbons (Fsp3) is 0.500. The van der Waals surface area contributed by atoms with Crippen molar-refractivity contribution in [2.24, 2.45) is 5.73 Å². The molecular formula is C12H19NO2. The summed E-state index contributed by atoms with van der Waals surface area (Å²) >= 11 is 0. The molecule has 15 heavy (non-hydrogen) atoms. The molecule has 0 aliphatic carbocycles. The van der Waals surface area contributed by atoms with Crippen molar-refractivity contribution in [3.8, 4) is 11.5 Å². The third kappa shape index (κ3) is 2.42. The molecule has 3 heteroatoms. The molecule has 1 aromatic carbocycles. The van der Waals surface area contributed by atoms with E-state index >= 15 is 0 Å². The molecule has 0 aromatic heterocycles. The van der Waals surface area contributed by atoms with E-state index in [-0.39, 0.29) is 11.7 Å². The minimum atomic E-state index is 0.144. The summed E-state index contributed by atoms with van der Waals surface area (Å²) < 4.78 is 5.13. The molecule has 1 rings (SSSR count). The Morgan fingerprint density at radius 3 is 2.60 bits per heavy atom. The molecule has 84 valence electrons. The maximum absolute atomic E-state index is 9.93. The van der Waals surface area contributed by atoms with Crippen molar-refractivity contribution in [3.05, 3.63) is 23.3 Å². The number of aryl methyl sites for hydroxylation is 1. The van der Waals surface area contributed by atoms with Crippen LogP contribution in [0.5, 0.6) is 11.5 Å². The summed E-state index contributed by atoms with van der Waals surface area (Å²) in [4.78, 5) is 0. The van der Waals surface area contributed by atoms with Gasteiger partial charge in [-0.25, -0.2) is 0 Å². The fourth-order valence-electron chi connectivity index (χ4n) is 1.55. The number of phenols is 1. The van der Waals surface area contributed by atoms with E-state index in [0.717, 1.165) is 17.5 Å². The molecule has 0 spiro atoms. The van der Waals surface area contributed by atoms with Crippen LogP contribution in [0.3, 0.4) is 0 Å². The van der Waals surface area contributed by atoms with Crippen LogP contribution in [0.1, 0.15) is 30.9 Å². The number of rotatable bonds is 4. The Morgan fingerprint density at radius 1 is 1.47 bits per heavy atom. The molecule has 0 amide bonds. The molecular weight excluding hydrogens is 190 g/mol. The zero-order valence-electron chi connectivity index (χ0n) is 9.58. The molecule has 0 fully saturated rings. The Morgan fingerprint density at radius 2 is 2.13 bits per heavy atom. The summed E-state index contributed by atoms with van der Waals surface area (Å²) in [5, 5.41) is 9.93. The maximum atomic E-state index is 9.93. The van der Waals surface area contributed by atoms with Crippen molar-refractivity contribution in [2.45, 2.75) is 26.2 Å². The van der Waals surface area contributed by atoms with Gasteiger partial charge in [-0.1, -0.05) is 19.9 Å². The van der Waals surface area contributed by atoms with E-state index in [1.807, 2.05) is 19.1 Å². The van der Waals surface area contributed by atoms with Gasteiger partial charge >= 0.3 is 0 Å². The third-order valence-corrected chi connectivity index (χ3v) is 2.68. The first-order chi connectivity index (χ1) is 7.13. The van der Waals surface area contributed by atoms with Crippen LogP contribution in [0.15, 0.2) is 12.1 Å². The van der Waals surface area contributed by atoms with E-state index in [2.05, 4.69) is 6.92 Å². The van der Waals surface area contributed by atoms with E-state index in [9.17, 15) is 5.11 Å². The van der Waals surface area contributed by atoms with E-state index in [4.69, 9.17) is 10.5 Å². The lowest BCUT2D eigenvalue weighted by Crippen LogP contribution is -2.09. The van der Waals surface area contributed by atoms with E-state index in [1.165, 1.54) is 0 Å². The largest absolute Gasteiger partial charge is 0.504 e. The molecule has 0 bridgehead atoms. The first-order valence-corrected chi connectivity index (χ1v) is 5.23. The van der Waals surface area contributed by atoms with Crippen LogP contribution in [-0.4, -0.2) is 18.8 Å². The summed E-state index contributed by atoms with van der Waals surface area (Å²) in [6.45, 7) is 4.58. The van der Waals surface area contributed by atoms with Crippen LogP contribution in [0.4, 0.5) is 0 Å². The van der Waals surface area contributed by atoms with Gasteiger partial charge in [0, 0.05) is 5.56 Å². The van der Waals surface area contributed by atoms with Crippen LogP contribution >= 0.6 is 0 Å². The van der Waals surface area contributed by atoms with Gasteiger partial charge in [-0.2, -0.15) is 0 Å². The van der Waals surface area contributed by atoms with Gasteiger partial charge in [0.05, 0.1) is 7.11 Å². The van der Waals surface area contributed by atoms with Crippen molar-refractivity contribution in [1.29, 1.82) is 0 Å². The number of hydrogen-bond acceptors (Lipinski definition) is 3. The Labute approximate surface area is 90.9 Å². The maximum Gasteiger partial charge on any atom is 0.161 e. The zero-order chi connectivity index (χ0) is 11.4. The van der Waals surface area contributed by atoms with Gasteiger partial charge < -0.3 is 15.6 Å². The first-order valence-electron chi connectivity index (χ1n) is 5.23. The molecule has 0 heterocycles. The SMILES string of the molecule is CCc1cc(OC)c(O)c(C(C)CN)c1. The highest BCUT2D eigenvalue weighted by atomic mass is 16.5. The Balaban J connectivity index is 3.23. The number of aromatic hydroxyl groups is 1. The topological polar surface area (TPSA) is 55.5 Å². The second-order valence-electron chi connectivity index (χ2n) is 3.73. The first kappa shape index (κ1) is 11.9. The lowest BCUT2D eigenvalue weighted by Gasteiger charge is -2.15. The van der Waals surface area contributed by atoms with Crippen LogP contribution < -0.4 is 10.5 Å². The molecule has 0 saturated heterocycles. The molecule has 3 nitrogen and oxygen atoms in total. The van der Waals surface area contributed by atoms with Gasteiger partial charge in [0.25, 0.3) is 0 Å². The summed E-state index contributed by atoms with van der Waals surface area (Å²) in [5.41, 5.74) is 7.63. The van der Waals surface area contributed by atoms with Crippen molar-refractivity contribution < 1.29 is 9.84 Å². The highest BCUT2D eigenvalue weighted by molar-refractivity contribution is 5.50. The van der Waals surface area contributed by atoms with Gasteiger partial charge in [0.15, 0.2) is 11.5 Å². The van der Waals surface area contributed by atoms with Gasteiger partial charge in [0.1, 0.15) is 0 Å². The fourth-order valence-corrected chi connectivity index (χ4v) is 1.55. The standard InChI is InChI=1S/C12H19NO2/c1-4-9-5-10(8(2)7-13)12(14)11(6-9)15-3/h5-6,8,14H,4,7,13H2,1-3H3. The molecule has 0 aliphatic heterocycles. The second kappa shape index (κ2) is 5.03. The quantitative estimate of drug-likeness (QED) is 0.797. The summed E-state index contributed by atoms with van der Waals surface area (Å²) in [6, 6.07) is 3.86. The zero-order valence-corrected chi connectivity index (χ0v) is 9.58. The van der Waals surface area contributed by atoms with Crippen LogP contribution in [-0.2, 0) is 6.42 Å². The Bertz CT molecular complexity index is 337. The monoisotopic (exact) mass is 209 g/mol. The summed E-state index contributed by atoms with van der Waals surface area (Å²) in [5.74, 6) is 0.891. The molecule has 1 unspecified atom stereocenters. The smallest absolute Gasteiger partial charge is 0.161 e. The molecule has 1 aromatic rings. The average Bonchev–Trinajstić information content (AvgIpc) is 2.28. The highest BCUT2D eigenvalue weighted by Crippen LogP contribution is 2.35. The number of hydrogen-bond donors (Lipinski definition) is 2. The molecule has 0 aliphatic rings. The number of phenolic OH excluding ortho intramolecular Hbond substituents is 1. The van der Waals surface area contributed by atoms with Crippen molar-refractivity contribution >= 4 is 0 Å². The van der Waals surface area contributed by atoms with Gasteiger partial charge in [-0.15, -0.1) is 0 Å². The molecule has 1 atom stereocenters. The predicted octanol–water partition coefficient (Wildman–Crippen LogP) is 2.03. The average molecular weight is 209 g/mol. The van der Waals surface area contributed by atoms with E-state index in [1.54, 1.807) is 7.11 Å². The van der Waals surface area contributed by atoms with E-state index < -0.39 is 0 Å².